The van der Waals surface area contributed by atoms with E-state index in [9.17, 15) is 0 Å². The minimum atomic E-state index is 0. The molecule has 0 bridgehead atoms. The Kier molecular flexibility index (Phi) is 8.32. The molecule has 0 unspecified atom stereocenters. The number of guanidine groups is 1. The van der Waals surface area contributed by atoms with E-state index in [0.717, 1.165) is 35.8 Å². The van der Waals surface area contributed by atoms with Crippen LogP contribution in [0.4, 0.5) is 0 Å². The lowest BCUT2D eigenvalue weighted by Gasteiger charge is -2.04. The molecule has 3 N–H and O–H groups in total. The number of hydrogen-bond acceptors (Lipinski definition) is 4. The largest absolute Gasteiger partial charge is 0.370 e. The molecule has 0 aliphatic carbocycles. The number of hydrogen-bond donors (Lipinski definition) is 2. The molecule has 0 aliphatic rings. The number of pyridine rings is 1. The van der Waals surface area contributed by atoms with E-state index in [0.29, 0.717) is 12.5 Å². The third-order valence-corrected chi connectivity index (χ3v) is 4.23. The molecule has 0 aromatic carbocycles. The molecule has 2 aromatic rings. The van der Waals surface area contributed by atoms with Crippen molar-refractivity contribution >= 4 is 41.3 Å². The molecule has 2 heterocycles. The van der Waals surface area contributed by atoms with Crippen LogP contribution in [0.5, 0.6) is 0 Å². The van der Waals surface area contributed by atoms with E-state index in [1.807, 2.05) is 25.1 Å². The number of thiazole rings is 1. The van der Waals surface area contributed by atoms with Crippen molar-refractivity contribution in [1.29, 1.82) is 0 Å². The van der Waals surface area contributed by atoms with Gasteiger partial charge in [-0.05, 0) is 26.0 Å². The molecule has 2 rings (SSSR count). The highest BCUT2D eigenvalue weighted by Gasteiger charge is 2.02. The van der Waals surface area contributed by atoms with E-state index in [1.54, 1.807) is 17.5 Å². The lowest BCUT2D eigenvalue weighted by molar-refractivity contribution is 0.824. The summed E-state index contributed by atoms with van der Waals surface area (Å²) in [5.74, 6) is 0.482. The molecule has 7 heteroatoms. The lowest BCUT2D eigenvalue weighted by atomic mass is 10.3. The fourth-order valence-corrected chi connectivity index (χ4v) is 2.76. The van der Waals surface area contributed by atoms with Crippen molar-refractivity contribution in [2.45, 2.75) is 26.7 Å². The monoisotopic (exact) mass is 431 g/mol. The zero-order chi connectivity index (χ0) is 15.1. The molecule has 120 valence electrons. The van der Waals surface area contributed by atoms with Crippen LogP contribution in [0, 0.1) is 13.8 Å². The smallest absolute Gasteiger partial charge is 0.188 e. The Morgan fingerprint density at radius 2 is 2.14 bits per heavy atom. The molecule has 0 fully saturated rings. The van der Waals surface area contributed by atoms with Gasteiger partial charge >= 0.3 is 0 Å². The zero-order valence-corrected chi connectivity index (χ0v) is 16.0. The van der Waals surface area contributed by atoms with Gasteiger partial charge in [-0.25, -0.2) is 4.98 Å². The summed E-state index contributed by atoms with van der Waals surface area (Å²) < 4.78 is 0. The van der Waals surface area contributed by atoms with Gasteiger partial charge in [0.1, 0.15) is 0 Å². The molecule has 0 aliphatic heterocycles. The van der Waals surface area contributed by atoms with Gasteiger partial charge in [-0.3, -0.25) is 9.98 Å². The van der Waals surface area contributed by atoms with Gasteiger partial charge < -0.3 is 11.1 Å². The molecular weight excluding hydrogens is 409 g/mol. The Morgan fingerprint density at radius 1 is 1.32 bits per heavy atom. The van der Waals surface area contributed by atoms with Gasteiger partial charge in [0.25, 0.3) is 0 Å². The molecule has 22 heavy (non-hydrogen) atoms. The van der Waals surface area contributed by atoms with Gasteiger partial charge in [0, 0.05) is 42.7 Å². The van der Waals surface area contributed by atoms with Crippen LogP contribution in [0.1, 0.15) is 21.3 Å². The molecule has 5 nitrogen and oxygen atoms in total. The summed E-state index contributed by atoms with van der Waals surface area (Å²) in [7, 11) is 0. The van der Waals surface area contributed by atoms with E-state index in [4.69, 9.17) is 5.73 Å². The first-order chi connectivity index (χ1) is 10.1. The number of halogens is 1. The predicted molar refractivity (Wildman–Crippen MR) is 103 cm³/mol. The molecule has 0 spiro atoms. The van der Waals surface area contributed by atoms with Crippen molar-refractivity contribution in [1.82, 2.24) is 15.3 Å². The molecule has 0 radical (unpaired) electrons. The third kappa shape index (κ3) is 6.27. The summed E-state index contributed by atoms with van der Waals surface area (Å²) in [6, 6.07) is 5.90. The van der Waals surface area contributed by atoms with Crippen molar-refractivity contribution < 1.29 is 0 Å². The van der Waals surface area contributed by atoms with E-state index in [1.165, 1.54) is 4.88 Å². The first-order valence-corrected chi connectivity index (χ1v) is 7.83. The average Bonchev–Trinajstić information content (AvgIpc) is 2.79. The second kappa shape index (κ2) is 9.73. The van der Waals surface area contributed by atoms with Gasteiger partial charge in [-0.1, -0.05) is 6.07 Å². The average molecular weight is 431 g/mol. The molecule has 2 aromatic heterocycles. The van der Waals surface area contributed by atoms with Crippen LogP contribution in [0.15, 0.2) is 29.4 Å². The number of aryl methyl sites for hydroxylation is 2. The van der Waals surface area contributed by atoms with Crippen LogP contribution in [0.3, 0.4) is 0 Å². The Balaban J connectivity index is 0.00000242. The second-order valence-electron chi connectivity index (χ2n) is 4.76. The number of nitrogens with zero attached hydrogens (tertiary/aromatic N) is 3. The van der Waals surface area contributed by atoms with Gasteiger partial charge in [-0.2, -0.15) is 0 Å². The Labute approximate surface area is 152 Å². The topological polar surface area (TPSA) is 76.2 Å². The Bertz CT molecular complexity index is 578. The van der Waals surface area contributed by atoms with Crippen LogP contribution in [-0.2, 0) is 12.8 Å². The summed E-state index contributed by atoms with van der Waals surface area (Å²) >= 11 is 1.73. The summed E-state index contributed by atoms with van der Waals surface area (Å²) in [4.78, 5) is 14.3. The van der Waals surface area contributed by atoms with Crippen LogP contribution in [-0.4, -0.2) is 29.0 Å². The maximum atomic E-state index is 5.84. The van der Waals surface area contributed by atoms with Crippen molar-refractivity contribution in [3.8, 4) is 0 Å². The van der Waals surface area contributed by atoms with Crippen LogP contribution >= 0.6 is 35.3 Å². The number of nitrogens with one attached hydrogen (secondary N) is 1. The summed E-state index contributed by atoms with van der Waals surface area (Å²) in [5, 5.41) is 4.23. The molecule has 0 atom stereocenters. The third-order valence-electron chi connectivity index (χ3n) is 3.09. The predicted octanol–water partition coefficient (Wildman–Crippen LogP) is 2.46. The highest BCUT2D eigenvalue weighted by atomic mass is 127. The van der Waals surface area contributed by atoms with Crippen LogP contribution in [0.2, 0.25) is 0 Å². The fourth-order valence-electron chi connectivity index (χ4n) is 1.84. The van der Waals surface area contributed by atoms with E-state index in [2.05, 4.69) is 27.2 Å². The minimum absolute atomic E-state index is 0. The van der Waals surface area contributed by atoms with Gasteiger partial charge in [0.2, 0.25) is 0 Å². The van der Waals surface area contributed by atoms with Gasteiger partial charge in [-0.15, -0.1) is 35.3 Å². The SMILES string of the molecule is Cc1nc(CCN=C(N)NCCc2ccccn2)sc1C.I. The Morgan fingerprint density at radius 3 is 2.77 bits per heavy atom. The highest BCUT2D eigenvalue weighted by molar-refractivity contribution is 14.0. The summed E-state index contributed by atoms with van der Waals surface area (Å²) in [6.07, 6.45) is 3.47. The van der Waals surface area contributed by atoms with Crippen molar-refractivity contribution in [2.24, 2.45) is 10.7 Å². The quantitative estimate of drug-likeness (QED) is 0.419. The van der Waals surface area contributed by atoms with E-state index in [-0.39, 0.29) is 24.0 Å². The molecular formula is C15H22IN5S. The second-order valence-corrected chi connectivity index (χ2v) is 6.05. The number of aromatic nitrogens is 2. The zero-order valence-electron chi connectivity index (χ0n) is 12.9. The number of aliphatic imine (C=N–C) groups is 1. The Hall–Kier alpha value is -1.22. The standard InChI is InChI=1S/C15H21N5S.HI/c1-11-12(2)21-14(20-11)7-10-19-15(16)18-9-6-13-5-3-4-8-17-13;/h3-5,8H,6-7,9-10H2,1-2H3,(H3,16,18,19);1H. The molecule has 0 saturated heterocycles. The van der Waals surface area contributed by atoms with E-state index >= 15 is 0 Å². The molecule has 0 amide bonds. The van der Waals surface area contributed by atoms with E-state index < -0.39 is 0 Å². The number of rotatable bonds is 6. The highest BCUT2D eigenvalue weighted by Crippen LogP contribution is 2.16. The van der Waals surface area contributed by atoms with Crippen molar-refractivity contribution in [2.75, 3.05) is 13.1 Å². The van der Waals surface area contributed by atoms with Gasteiger partial charge in [0.15, 0.2) is 5.96 Å². The number of nitrogens with two attached hydrogens (primary N) is 1. The minimum Gasteiger partial charge on any atom is -0.370 e. The summed E-state index contributed by atoms with van der Waals surface area (Å²) in [6.45, 7) is 5.52. The maximum absolute atomic E-state index is 5.84. The maximum Gasteiger partial charge on any atom is 0.188 e. The van der Waals surface area contributed by atoms with Crippen molar-refractivity contribution in [3.05, 3.63) is 45.7 Å². The van der Waals surface area contributed by atoms with Crippen molar-refractivity contribution in [3.63, 3.8) is 0 Å². The normalized spacial score (nSPS) is 11.1. The molecule has 0 saturated carbocycles. The van der Waals surface area contributed by atoms with Crippen LogP contribution in [0.25, 0.3) is 0 Å². The fraction of sp³-hybridized carbons (Fsp3) is 0.400. The van der Waals surface area contributed by atoms with Crippen LogP contribution < -0.4 is 11.1 Å². The van der Waals surface area contributed by atoms with Gasteiger partial charge in [0.05, 0.1) is 10.7 Å². The lowest BCUT2D eigenvalue weighted by Crippen LogP contribution is -2.33. The first-order valence-electron chi connectivity index (χ1n) is 7.02. The summed E-state index contributed by atoms with van der Waals surface area (Å²) in [5.41, 5.74) is 8.00. The first kappa shape index (κ1) is 18.8.